The van der Waals surface area contributed by atoms with E-state index >= 15 is 0 Å². The van der Waals surface area contributed by atoms with Crippen molar-refractivity contribution in [3.05, 3.63) is 42.1 Å². The van der Waals surface area contributed by atoms with Crippen LogP contribution in [0.15, 0.2) is 36.5 Å². The van der Waals surface area contributed by atoms with Gasteiger partial charge in [-0.1, -0.05) is 44.4 Å². The van der Waals surface area contributed by atoms with Crippen LogP contribution in [0.5, 0.6) is 0 Å². The summed E-state index contributed by atoms with van der Waals surface area (Å²) in [5, 5.41) is 4.80. The molecule has 1 N–H and O–H groups in total. The third kappa shape index (κ3) is 3.11. The Morgan fingerprint density at radius 2 is 2.19 bits per heavy atom. The van der Waals surface area contributed by atoms with Crippen LogP contribution in [0.2, 0.25) is 0 Å². The predicted molar refractivity (Wildman–Crippen MR) is 89.3 cm³/mol. The fourth-order valence-corrected chi connectivity index (χ4v) is 3.96. The Morgan fingerprint density at radius 3 is 3.00 bits per heavy atom. The molecule has 112 valence electrons. The molecule has 0 amide bonds. The number of benzene rings is 1. The van der Waals surface area contributed by atoms with Crippen LogP contribution in [0.3, 0.4) is 0 Å². The van der Waals surface area contributed by atoms with Crippen molar-refractivity contribution < 1.29 is 0 Å². The molecule has 0 spiro atoms. The second kappa shape index (κ2) is 6.57. The number of nitrogens with zero attached hydrogens (tertiary/aromatic N) is 1. The minimum absolute atomic E-state index is 0.464. The molecular weight excluding hydrogens is 256 g/mol. The molecule has 2 aromatic rings. The van der Waals surface area contributed by atoms with Gasteiger partial charge in [-0.25, -0.2) is 0 Å². The molecule has 0 saturated heterocycles. The smallest absolute Gasteiger partial charge is 0.0705 e. The van der Waals surface area contributed by atoms with Crippen LogP contribution in [0, 0.1) is 11.8 Å². The van der Waals surface area contributed by atoms with E-state index in [1.54, 1.807) is 0 Å². The summed E-state index contributed by atoms with van der Waals surface area (Å²) < 4.78 is 0. The van der Waals surface area contributed by atoms with Gasteiger partial charge in [-0.3, -0.25) is 4.98 Å². The molecule has 3 rings (SSSR count). The Labute approximate surface area is 128 Å². The average Bonchev–Trinajstić information content (AvgIpc) is 2.56. The first-order chi connectivity index (χ1) is 10.3. The molecule has 0 bridgehead atoms. The molecule has 1 aliphatic carbocycles. The lowest BCUT2D eigenvalue weighted by atomic mass is 9.75. The molecule has 0 radical (unpaired) electrons. The fraction of sp³-hybridized carbons (Fsp3) is 0.526. The van der Waals surface area contributed by atoms with Crippen LogP contribution < -0.4 is 5.32 Å². The third-order valence-corrected chi connectivity index (χ3v) is 5.17. The Morgan fingerprint density at radius 1 is 1.29 bits per heavy atom. The molecule has 3 atom stereocenters. The summed E-state index contributed by atoms with van der Waals surface area (Å²) in [6.07, 6.45) is 8.72. The lowest BCUT2D eigenvalue weighted by Crippen LogP contribution is -2.29. The van der Waals surface area contributed by atoms with E-state index in [1.165, 1.54) is 43.1 Å². The number of nitrogens with one attached hydrogen (secondary N) is 1. The molecule has 1 aromatic carbocycles. The second-order valence-electron chi connectivity index (χ2n) is 6.42. The standard InChI is InChI=1S/C19H26N2/c1-3-14-6-4-7-16(12-14)19(20-2)17-10-9-15-8-5-11-21-18(15)13-17/h5,8-11,13-14,16,19-20H,3-4,6-7,12H2,1-2H3. The van der Waals surface area contributed by atoms with Gasteiger partial charge in [0, 0.05) is 17.6 Å². The molecule has 1 aromatic heterocycles. The third-order valence-electron chi connectivity index (χ3n) is 5.17. The van der Waals surface area contributed by atoms with Gasteiger partial charge in [0.25, 0.3) is 0 Å². The average molecular weight is 282 g/mol. The van der Waals surface area contributed by atoms with Crippen molar-refractivity contribution in [3.63, 3.8) is 0 Å². The highest BCUT2D eigenvalue weighted by atomic mass is 14.9. The van der Waals surface area contributed by atoms with Crippen LogP contribution in [-0.4, -0.2) is 12.0 Å². The van der Waals surface area contributed by atoms with Crippen molar-refractivity contribution in [2.24, 2.45) is 11.8 Å². The summed E-state index contributed by atoms with van der Waals surface area (Å²) in [5.41, 5.74) is 2.50. The van der Waals surface area contributed by atoms with Crippen molar-refractivity contribution in [1.29, 1.82) is 0 Å². The number of fused-ring (bicyclic) bond motifs is 1. The van der Waals surface area contributed by atoms with Gasteiger partial charge in [-0.2, -0.15) is 0 Å². The van der Waals surface area contributed by atoms with Crippen LogP contribution in [0.4, 0.5) is 0 Å². The van der Waals surface area contributed by atoms with E-state index in [0.29, 0.717) is 6.04 Å². The maximum absolute atomic E-state index is 4.51. The molecule has 1 saturated carbocycles. The molecule has 1 fully saturated rings. The van der Waals surface area contributed by atoms with Crippen LogP contribution in [0.1, 0.15) is 50.6 Å². The molecule has 3 unspecified atom stereocenters. The Kier molecular flexibility index (Phi) is 4.54. The first-order valence-corrected chi connectivity index (χ1v) is 8.33. The second-order valence-corrected chi connectivity index (χ2v) is 6.42. The van der Waals surface area contributed by atoms with E-state index in [2.05, 4.69) is 48.5 Å². The van der Waals surface area contributed by atoms with E-state index in [4.69, 9.17) is 0 Å². The maximum Gasteiger partial charge on any atom is 0.0705 e. The van der Waals surface area contributed by atoms with Crippen LogP contribution in [0.25, 0.3) is 10.9 Å². The lowest BCUT2D eigenvalue weighted by Gasteiger charge is -2.34. The first kappa shape index (κ1) is 14.5. The summed E-state index contributed by atoms with van der Waals surface area (Å²) in [6.45, 7) is 2.33. The van der Waals surface area contributed by atoms with Gasteiger partial charge in [-0.05, 0) is 49.4 Å². The number of hydrogen-bond acceptors (Lipinski definition) is 2. The minimum atomic E-state index is 0.464. The Balaban J connectivity index is 1.86. The van der Waals surface area contributed by atoms with Gasteiger partial charge in [0.05, 0.1) is 5.52 Å². The van der Waals surface area contributed by atoms with Gasteiger partial charge >= 0.3 is 0 Å². The molecule has 1 heterocycles. The van der Waals surface area contributed by atoms with Gasteiger partial charge < -0.3 is 5.32 Å². The largest absolute Gasteiger partial charge is 0.313 e. The van der Waals surface area contributed by atoms with Crippen molar-refractivity contribution in [3.8, 4) is 0 Å². The monoisotopic (exact) mass is 282 g/mol. The summed E-state index contributed by atoms with van der Waals surface area (Å²) >= 11 is 0. The quantitative estimate of drug-likeness (QED) is 0.878. The van der Waals surface area contributed by atoms with Gasteiger partial charge in [0.1, 0.15) is 0 Å². The van der Waals surface area contributed by atoms with E-state index in [0.717, 1.165) is 17.4 Å². The maximum atomic E-state index is 4.51. The lowest BCUT2D eigenvalue weighted by molar-refractivity contribution is 0.215. The summed E-state index contributed by atoms with van der Waals surface area (Å²) in [7, 11) is 2.10. The van der Waals surface area contributed by atoms with Crippen molar-refractivity contribution in [2.75, 3.05) is 7.05 Å². The van der Waals surface area contributed by atoms with Crippen molar-refractivity contribution >= 4 is 10.9 Å². The van der Waals surface area contributed by atoms with E-state index in [9.17, 15) is 0 Å². The number of aromatic nitrogens is 1. The van der Waals surface area contributed by atoms with E-state index in [-0.39, 0.29) is 0 Å². The molecule has 2 heteroatoms. The van der Waals surface area contributed by atoms with E-state index < -0.39 is 0 Å². The zero-order chi connectivity index (χ0) is 14.7. The highest BCUT2D eigenvalue weighted by molar-refractivity contribution is 5.79. The summed E-state index contributed by atoms with van der Waals surface area (Å²) in [6, 6.07) is 11.4. The summed E-state index contributed by atoms with van der Waals surface area (Å²) in [5.74, 6) is 1.67. The molecule has 1 aliphatic rings. The zero-order valence-electron chi connectivity index (χ0n) is 13.2. The van der Waals surface area contributed by atoms with E-state index in [1.807, 2.05) is 12.3 Å². The minimum Gasteiger partial charge on any atom is -0.313 e. The van der Waals surface area contributed by atoms with Gasteiger partial charge in [-0.15, -0.1) is 0 Å². The topological polar surface area (TPSA) is 24.9 Å². The highest BCUT2D eigenvalue weighted by Gasteiger charge is 2.27. The molecule has 0 aliphatic heterocycles. The van der Waals surface area contributed by atoms with Crippen LogP contribution >= 0.6 is 0 Å². The predicted octanol–water partition coefficient (Wildman–Crippen LogP) is 4.71. The summed E-state index contributed by atoms with van der Waals surface area (Å²) in [4.78, 5) is 4.51. The van der Waals surface area contributed by atoms with Gasteiger partial charge in [0.15, 0.2) is 0 Å². The Bertz CT molecular complexity index is 593. The zero-order valence-corrected chi connectivity index (χ0v) is 13.2. The first-order valence-electron chi connectivity index (χ1n) is 8.33. The molecule has 2 nitrogen and oxygen atoms in total. The number of pyridine rings is 1. The fourth-order valence-electron chi connectivity index (χ4n) is 3.96. The normalized spacial score (nSPS) is 24.1. The highest BCUT2D eigenvalue weighted by Crippen LogP contribution is 2.38. The SMILES string of the molecule is CCC1CCCC(C(NC)c2ccc3cccnc3c2)C1. The number of rotatable bonds is 4. The van der Waals surface area contributed by atoms with Gasteiger partial charge in [0.2, 0.25) is 0 Å². The van der Waals surface area contributed by atoms with Crippen molar-refractivity contribution in [1.82, 2.24) is 10.3 Å². The molecular formula is C19H26N2. The Hall–Kier alpha value is -1.41. The number of hydrogen-bond donors (Lipinski definition) is 1. The van der Waals surface area contributed by atoms with Crippen molar-refractivity contribution in [2.45, 2.75) is 45.1 Å². The van der Waals surface area contributed by atoms with Crippen LogP contribution in [-0.2, 0) is 0 Å². The molecule has 21 heavy (non-hydrogen) atoms.